The van der Waals surface area contributed by atoms with Crippen LogP contribution < -0.4 is 10.8 Å². The van der Waals surface area contributed by atoms with Crippen LogP contribution in [-0.2, 0) is 0 Å². The molecule has 0 spiro atoms. The van der Waals surface area contributed by atoms with E-state index < -0.39 is 9.12 Å². The summed E-state index contributed by atoms with van der Waals surface area (Å²) in [5.41, 5.74) is 0. The third-order valence-electron chi connectivity index (χ3n) is 0. The molecular formula is CH8N2Si. The minimum absolute atomic E-state index is 1.14. The van der Waals surface area contributed by atoms with Gasteiger partial charge in [0.2, 0.25) is 0 Å². The zero-order chi connectivity index (χ0) is 3.58. The van der Waals surface area contributed by atoms with Gasteiger partial charge >= 0.3 is 0 Å². The molecule has 0 heterocycles. The zero-order valence-electron chi connectivity index (χ0n) is 2.73. The van der Waals surface area contributed by atoms with Crippen molar-refractivity contribution in [3.05, 3.63) is 0 Å². The number of hydrogen-bond donors (Lipinski definition) is 2. The van der Waals surface area contributed by atoms with Crippen molar-refractivity contribution >= 4 is 9.12 Å². The van der Waals surface area contributed by atoms with Crippen LogP contribution in [0.5, 0.6) is 0 Å². The van der Waals surface area contributed by atoms with Gasteiger partial charge in [-0.15, -0.1) is 0 Å². The third kappa shape index (κ3) is 147. The summed E-state index contributed by atoms with van der Waals surface area (Å²) in [6.45, 7) is 1.86. The minimum Gasteiger partial charge on any atom is -0.342 e. The standard InChI is InChI=1S/CH8N2Si/c1-4(2)3/h4H,2-3H2,1H3. The van der Waals surface area contributed by atoms with Gasteiger partial charge in [0.05, 0.1) is 0 Å². The van der Waals surface area contributed by atoms with Gasteiger partial charge < -0.3 is 10.8 Å². The quantitative estimate of drug-likeness (QED) is 0.354. The lowest BCUT2D eigenvalue weighted by Crippen LogP contribution is -2.32. The Morgan fingerprint density at radius 2 is 1.50 bits per heavy atom. The van der Waals surface area contributed by atoms with Gasteiger partial charge in [-0.3, -0.25) is 0 Å². The van der Waals surface area contributed by atoms with Crippen molar-refractivity contribution in [3.63, 3.8) is 0 Å². The molecule has 2 nitrogen and oxygen atoms in total. The average Bonchev–Trinajstić information content (AvgIpc) is 0.811. The number of rotatable bonds is 0. The highest BCUT2D eigenvalue weighted by molar-refractivity contribution is 6.49. The van der Waals surface area contributed by atoms with Crippen molar-refractivity contribution in [1.82, 2.24) is 0 Å². The molecule has 26 valence electrons. The Hall–Kier alpha value is 0.137. The van der Waals surface area contributed by atoms with Crippen molar-refractivity contribution in [2.75, 3.05) is 0 Å². The average molecular weight is 76.2 g/mol. The second-order valence-electron chi connectivity index (χ2n) is 0.859. The second kappa shape index (κ2) is 1.46. The molecule has 4 N–H and O–H groups in total. The van der Waals surface area contributed by atoms with Crippen molar-refractivity contribution in [2.24, 2.45) is 10.8 Å². The van der Waals surface area contributed by atoms with Crippen LogP contribution in [0.4, 0.5) is 0 Å². The molecule has 0 unspecified atom stereocenters. The van der Waals surface area contributed by atoms with E-state index >= 15 is 0 Å². The smallest absolute Gasteiger partial charge is 0.176 e. The first-order chi connectivity index (χ1) is 1.73. The molecule has 0 aliphatic rings. The summed E-state index contributed by atoms with van der Waals surface area (Å²) in [4.78, 5) is 0. The van der Waals surface area contributed by atoms with E-state index in [1.807, 2.05) is 6.55 Å². The van der Waals surface area contributed by atoms with E-state index in [4.69, 9.17) is 10.8 Å². The highest BCUT2D eigenvalue weighted by Crippen LogP contribution is 1.35. The SMILES string of the molecule is C[SiH](N)N. The Bertz CT molecular complexity index is 10.8. The van der Waals surface area contributed by atoms with Crippen molar-refractivity contribution in [3.8, 4) is 0 Å². The maximum Gasteiger partial charge on any atom is 0.176 e. The Balaban J connectivity index is 2.32. The van der Waals surface area contributed by atoms with Crippen molar-refractivity contribution in [1.29, 1.82) is 0 Å². The molecule has 4 heavy (non-hydrogen) atoms. The van der Waals surface area contributed by atoms with Crippen molar-refractivity contribution in [2.45, 2.75) is 6.55 Å². The summed E-state index contributed by atoms with van der Waals surface area (Å²) in [6.07, 6.45) is 0. The van der Waals surface area contributed by atoms with E-state index in [1.54, 1.807) is 0 Å². The molecule has 3 heteroatoms. The fraction of sp³-hybridized carbons (Fsp3) is 1.00. The molecule has 0 amide bonds. The van der Waals surface area contributed by atoms with E-state index in [0.29, 0.717) is 0 Å². The largest absolute Gasteiger partial charge is 0.342 e. The number of hydrogen-bond acceptors (Lipinski definition) is 2. The summed E-state index contributed by atoms with van der Waals surface area (Å²) in [5.74, 6) is 0. The molecule has 0 atom stereocenters. The van der Waals surface area contributed by atoms with E-state index in [9.17, 15) is 0 Å². The van der Waals surface area contributed by atoms with Gasteiger partial charge in [0.25, 0.3) is 0 Å². The highest BCUT2D eigenvalue weighted by atomic mass is 28.3. The molecule has 0 fully saturated rings. The van der Waals surface area contributed by atoms with E-state index in [0.717, 1.165) is 0 Å². The first kappa shape index (κ1) is 4.14. The molecule has 0 aliphatic carbocycles. The van der Waals surface area contributed by atoms with Crippen molar-refractivity contribution < 1.29 is 0 Å². The van der Waals surface area contributed by atoms with Gasteiger partial charge in [-0.25, -0.2) is 0 Å². The lowest BCUT2D eigenvalue weighted by atomic mass is 11.9. The van der Waals surface area contributed by atoms with Gasteiger partial charge in [0.15, 0.2) is 9.12 Å². The Kier molecular flexibility index (Phi) is 1.51. The van der Waals surface area contributed by atoms with Crippen LogP contribution in [0.25, 0.3) is 0 Å². The summed E-state index contributed by atoms with van der Waals surface area (Å²) >= 11 is 0. The molecule has 0 rings (SSSR count). The molecule has 0 aromatic carbocycles. The maximum absolute atomic E-state index is 5.03. The van der Waals surface area contributed by atoms with Gasteiger partial charge in [-0.1, -0.05) is 0 Å². The Morgan fingerprint density at radius 1 is 1.50 bits per heavy atom. The Morgan fingerprint density at radius 3 is 1.50 bits per heavy atom. The lowest BCUT2D eigenvalue weighted by Gasteiger charge is -1.78. The van der Waals surface area contributed by atoms with Crippen LogP contribution in [0.1, 0.15) is 0 Å². The molecular weight excluding hydrogens is 68.1 g/mol. The molecule has 0 bridgehead atoms. The molecule has 0 aliphatic heterocycles. The number of nitrogens with two attached hydrogens (primary N) is 2. The van der Waals surface area contributed by atoms with E-state index in [-0.39, 0.29) is 0 Å². The summed E-state index contributed by atoms with van der Waals surface area (Å²) in [6, 6.07) is 0. The lowest BCUT2D eigenvalue weighted by molar-refractivity contribution is 1.63. The summed E-state index contributed by atoms with van der Waals surface area (Å²) in [7, 11) is -1.14. The highest BCUT2D eigenvalue weighted by Gasteiger charge is 1.72. The van der Waals surface area contributed by atoms with E-state index in [1.165, 1.54) is 0 Å². The van der Waals surface area contributed by atoms with Gasteiger partial charge in [0, 0.05) is 0 Å². The van der Waals surface area contributed by atoms with Crippen LogP contribution in [0.3, 0.4) is 0 Å². The molecule has 0 aromatic rings. The van der Waals surface area contributed by atoms with Crippen LogP contribution in [0.15, 0.2) is 0 Å². The maximum atomic E-state index is 5.03. The summed E-state index contributed by atoms with van der Waals surface area (Å²) in [5, 5.41) is 10.1. The first-order valence-corrected chi connectivity index (χ1v) is 3.73. The third-order valence-corrected chi connectivity index (χ3v) is 0. The van der Waals surface area contributed by atoms with Gasteiger partial charge in [-0.2, -0.15) is 0 Å². The summed E-state index contributed by atoms with van der Waals surface area (Å²) < 4.78 is 0. The zero-order valence-corrected chi connectivity index (χ0v) is 3.89. The minimum atomic E-state index is -1.14. The van der Waals surface area contributed by atoms with Crippen LogP contribution in [0, 0.1) is 0 Å². The fourth-order valence-electron chi connectivity index (χ4n) is 0. The Labute approximate surface area is 27.6 Å². The normalized spacial score (nSPS) is 9.00. The fourth-order valence-corrected chi connectivity index (χ4v) is 0. The monoisotopic (exact) mass is 76.0 g/mol. The van der Waals surface area contributed by atoms with Crippen LogP contribution in [0.2, 0.25) is 6.55 Å². The topological polar surface area (TPSA) is 52.0 Å². The van der Waals surface area contributed by atoms with Gasteiger partial charge in [-0.05, 0) is 6.55 Å². The molecule has 0 saturated heterocycles. The first-order valence-electron chi connectivity index (χ1n) is 1.24. The predicted molar refractivity (Wildman–Crippen MR) is 21.4 cm³/mol. The molecule has 0 saturated carbocycles. The second-order valence-corrected chi connectivity index (χ2v) is 2.58. The van der Waals surface area contributed by atoms with Crippen LogP contribution >= 0.6 is 0 Å². The molecule has 0 radical (unpaired) electrons. The van der Waals surface area contributed by atoms with E-state index in [2.05, 4.69) is 0 Å². The predicted octanol–water partition coefficient (Wildman–Crippen LogP) is -1.25. The van der Waals surface area contributed by atoms with Gasteiger partial charge in [0.1, 0.15) is 0 Å². The molecule has 0 aromatic heterocycles. The van der Waals surface area contributed by atoms with Crippen LogP contribution in [-0.4, -0.2) is 9.12 Å².